The van der Waals surface area contributed by atoms with Gasteiger partial charge in [0.2, 0.25) is 5.91 Å². The molecule has 82 heavy (non-hydrogen) atoms. The largest absolute Gasteiger partial charge is 0.756 e. The molecule has 1 amide bonds. The molecule has 0 heterocycles. The van der Waals surface area contributed by atoms with Gasteiger partial charge in [-0.25, -0.2) is 0 Å². The molecule has 0 radical (unpaired) electrons. The molecule has 3 unspecified atom stereocenters. The normalized spacial score (nSPS) is 13.7. The Morgan fingerprint density at radius 2 is 0.683 bits per heavy atom. The zero-order valence-electron chi connectivity index (χ0n) is 56.0. The van der Waals surface area contributed by atoms with E-state index in [4.69, 9.17) is 9.05 Å². The number of allylic oxidation sites excluding steroid dienone is 3. The first-order valence-corrected chi connectivity index (χ1v) is 38.2. The first-order valence-electron chi connectivity index (χ1n) is 36.7. The summed E-state index contributed by atoms with van der Waals surface area (Å²) in [4.78, 5) is 25.6. The lowest BCUT2D eigenvalue weighted by atomic mass is 10.0. The van der Waals surface area contributed by atoms with Crippen LogP contribution in [0.5, 0.6) is 0 Å². The number of nitrogens with zero attached hydrogens (tertiary/aromatic N) is 1. The second kappa shape index (κ2) is 64.5. The van der Waals surface area contributed by atoms with E-state index in [9.17, 15) is 19.4 Å². The number of unbranched alkanes of at least 4 members (excludes halogenated alkanes) is 54. The maximum atomic E-state index is 13.0. The summed E-state index contributed by atoms with van der Waals surface area (Å²) >= 11 is 0. The SMILES string of the molecule is CCCCCCCCCCCCCCCCCCCCCCCCCCCC/C=C/CC/C=C/C(O)C(COP(=O)([O-])OCC[N+](C)(C)C)NC(=O)CCCCCCCCCCCCCCCCCCCCCCCCCCCCCC. The van der Waals surface area contributed by atoms with Crippen LogP contribution in [-0.2, 0) is 18.4 Å². The number of aliphatic hydroxyl groups excluding tert-OH is 1. The fourth-order valence-electron chi connectivity index (χ4n) is 11.5. The molecule has 0 fully saturated rings. The molecule has 0 aromatic rings. The minimum atomic E-state index is -4.61. The second-order valence-corrected chi connectivity index (χ2v) is 28.1. The quantitative estimate of drug-likeness (QED) is 0.0272. The van der Waals surface area contributed by atoms with E-state index in [1.54, 1.807) is 6.08 Å². The predicted molar refractivity (Wildman–Crippen MR) is 358 cm³/mol. The van der Waals surface area contributed by atoms with E-state index >= 15 is 0 Å². The van der Waals surface area contributed by atoms with Gasteiger partial charge in [-0.05, 0) is 32.1 Å². The van der Waals surface area contributed by atoms with Gasteiger partial charge in [0.05, 0.1) is 39.9 Å². The number of amides is 1. The number of phosphoric ester groups is 1. The molecular weight excluding hydrogens is 1030 g/mol. The molecule has 2 N–H and O–H groups in total. The van der Waals surface area contributed by atoms with Crippen molar-refractivity contribution in [3.63, 3.8) is 0 Å². The van der Waals surface area contributed by atoms with Crippen molar-refractivity contribution in [2.24, 2.45) is 0 Å². The average Bonchev–Trinajstić information content (AvgIpc) is 3.47. The van der Waals surface area contributed by atoms with Crippen molar-refractivity contribution in [2.75, 3.05) is 40.9 Å². The minimum absolute atomic E-state index is 0.00334. The number of hydrogen-bond donors (Lipinski definition) is 2. The summed E-state index contributed by atoms with van der Waals surface area (Å²) in [5.74, 6) is -0.198. The smallest absolute Gasteiger partial charge is 0.268 e. The van der Waals surface area contributed by atoms with Crippen LogP contribution in [0.1, 0.15) is 386 Å². The monoisotopic (exact) mass is 1180 g/mol. The first kappa shape index (κ1) is 81.0. The number of carbonyl (C=O) groups is 1. The predicted octanol–water partition coefficient (Wildman–Crippen LogP) is 22.8. The summed E-state index contributed by atoms with van der Waals surface area (Å²) in [5, 5.41) is 14.0. The van der Waals surface area contributed by atoms with Crippen molar-refractivity contribution in [2.45, 2.75) is 398 Å². The number of hydrogen-bond acceptors (Lipinski definition) is 6. The van der Waals surface area contributed by atoms with E-state index in [0.29, 0.717) is 17.4 Å². The molecule has 9 heteroatoms. The van der Waals surface area contributed by atoms with Gasteiger partial charge in [0.1, 0.15) is 13.2 Å². The highest BCUT2D eigenvalue weighted by atomic mass is 31.2. The molecule has 0 aliphatic heterocycles. The topological polar surface area (TPSA) is 108 Å². The van der Waals surface area contributed by atoms with E-state index in [-0.39, 0.29) is 19.1 Å². The lowest BCUT2D eigenvalue weighted by Gasteiger charge is -2.29. The van der Waals surface area contributed by atoms with Gasteiger partial charge in [0.15, 0.2) is 0 Å². The molecule has 8 nitrogen and oxygen atoms in total. The second-order valence-electron chi connectivity index (χ2n) is 26.7. The van der Waals surface area contributed by atoms with Gasteiger partial charge in [0, 0.05) is 6.42 Å². The molecule has 488 valence electrons. The van der Waals surface area contributed by atoms with Crippen LogP contribution in [-0.4, -0.2) is 68.5 Å². The fraction of sp³-hybridized carbons (Fsp3) is 0.932. The maximum Gasteiger partial charge on any atom is 0.268 e. The van der Waals surface area contributed by atoms with Crippen molar-refractivity contribution in [3.8, 4) is 0 Å². The van der Waals surface area contributed by atoms with Gasteiger partial charge >= 0.3 is 0 Å². The lowest BCUT2D eigenvalue weighted by Crippen LogP contribution is -2.45. The number of likely N-dealkylation sites (N-methyl/N-ethyl adjacent to an activating group) is 1. The Kier molecular flexibility index (Phi) is 63.7. The van der Waals surface area contributed by atoms with E-state index in [1.807, 2.05) is 27.2 Å². The number of nitrogens with one attached hydrogen (secondary N) is 1. The summed E-state index contributed by atoms with van der Waals surface area (Å²) in [6, 6.07) is -0.902. The summed E-state index contributed by atoms with van der Waals surface area (Å²) < 4.78 is 23.5. The van der Waals surface area contributed by atoms with Crippen LogP contribution in [0.3, 0.4) is 0 Å². The molecule has 0 saturated carbocycles. The van der Waals surface area contributed by atoms with Crippen molar-refractivity contribution in [1.29, 1.82) is 0 Å². The Balaban J connectivity index is 4.04. The van der Waals surface area contributed by atoms with Gasteiger partial charge in [0.25, 0.3) is 7.82 Å². The standard InChI is InChI=1S/C73H145N2O6P/c1-6-8-10-12-14-16-18-20-22-24-26-28-30-32-34-36-37-38-39-40-42-44-46-48-50-52-54-56-58-60-62-64-66-72(76)71(70-81-82(78,79)80-69-68-75(3,4)5)74-73(77)67-65-63-61-59-57-55-53-51-49-47-45-43-41-35-33-31-29-27-25-23-21-19-17-15-13-11-9-7-2/h56,58,64,66,71-72,76H,6-55,57,59-63,65,67-70H2,1-5H3,(H-,74,77,78,79)/b58-56+,66-64+. The average molecular weight is 1180 g/mol. The van der Waals surface area contributed by atoms with Crippen LogP contribution in [0.4, 0.5) is 0 Å². The molecule has 0 aliphatic carbocycles. The van der Waals surface area contributed by atoms with Crippen LogP contribution in [0, 0.1) is 0 Å². The molecule has 0 aliphatic rings. The summed E-state index contributed by atoms with van der Waals surface area (Å²) in [6.07, 6.45) is 84.7. The third-order valence-corrected chi connectivity index (χ3v) is 18.1. The van der Waals surface area contributed by atoms with Crippen LogP contribution in [0.2, 0.25) is 0 Å². The van der Waals surface area contributed by atoms with Crippen molar-refractivity contribution in [1.82, 2.24) is 5.32 Å². The van der Waals surface area contributed by atoms with Gasteiger partial charge in [-0.3, -0.25) is 9.36 Å². The number of rotatable bonds is 69. The molecular formula is C73H145N2O6P. The molecule has 0 rings (SSSR count). The fourth-order valence-corrected chi connectivity index (χ4v) is 12.2. The zero-order valence-corrected chi connectivity index (χ0v) is 56.9. The third kappa shape index (κ3) is 66.5. The molecule has 0 aromatic carbocycles. The zero-order chi connectivity index (χ0) is 59.8. The van der Waals surface area contributed by atoms with E-state index < -0.39 is 20.0 Å². The highest BCUT2D eigenvalue weighted by molar-refractivity contribution is 7.45. The van der Waals surface area contributed by atoms with Crippen LogP contribution in [0.25, 0.3) is 0 Å². The summed E-state index contributed by atoms with van der Waals surface area (Å²) in [5.41, 5.74) is 0. The van der Waals surface area contributed by atoms with Crippen LogP contribution >= 0.6 is 7.82 Å². The number of phosphoric acid groups is 1. The summed E-state index contributed by atoms with van der Waals surface area (Å²) in [7, 11) is 1.26. The lowest BCUT2D eigenvalue weighted by molar-refractivity contribution is -0.870. The molecule has 0 saturated heterocycles. The first-order chi connectivity index (χ1) is 40.0. The van der Waals surface area contributed by atoms with Crippen molar-refractivity contribution < 1.29 is 32.9 Å². The third-order valence-electron chi connectivity index (χ3n) is 17.2. The number of aliphatic hydroxyl groups is 1. The number of carbonyl (C=O) groups excluding carboxylic acids is 1. The molecule has 0 bridgehead atoms. The Bertz CT molecular complexity index is 1390. The van der Waals surface area contributed by atoms with Gasteiger partial charge in [-0.2, -0.15) is 0 Å². The van der Waals surface area contributed by atoms with Gasteiger partial charge < -0.3 is 28.8 Å². The van der Waals surface area contributed by atoms with E-state index in [2.05, 4.69) is 31.3 Å². The Morgan fingerprint density at radius 3 is 0.988 bits per heavy atom. The van der Waals surface area contributed by atoms with Crippen LogP contribution in [0.15, 0.2) is 24.3 Å². The molecule has 0 spiro atoms. The van der Waals surface area contributed by atoms with Gasteiger partial charge in [-0.15, -0.1) is 0 Å². The Hall–Kier alpha value is -1.02. The minimum Gasteiger partial charge on any atom is -0.756 e. The van der Waals surface area contributed by atoms with E-state index in [0.717, 1.165) is 38.5 Å². The van der Waals surface area contributed by atoms with E-state index in [1.165, 1.54) is 327 Å². The van der Waals surface area contributed by atoms with Crippen molar-refractivity contribution >= 4 is 13.7 Å². The number of quaternary nitrogens is 1. The highest BCUT2D eigenvalue weighted by Gasteiger charge is 2.23. The summed E-state index contributed by atoms with van der Waals surface area (Å²) in [6.45, 7) is 4.70. The van der Waals surface area contributed by atoms with Crippen molar-refractivity contribution in [3.05, 3.63) is 24.3 Å². The van der Waals surface area contributed by atoms with Crippen LogP contribution < -0.4 is 10.2 Å². The maximum absolute atomic E-state index is 13.0. The Morgan fingerprint density at radius 1 is 0.415 bits per heavy atom. The highest BCUT2D eigenvalue weighted by Crippen LogP contribution is 2.38. The Labute approximate surface area is 513 Å². The van der Waals surface area contributed by atoms with Gasteiger partial charge in [-0.1, -0.05) is 372 Å². The molecule has 3 atom stereocenters. The molecule has 0 aromatic heterocycles.